The Kier molecular flexibility index (Phi) is 2.59. The SMILES string of the molecule is O=C(O)C1CCCN1C(=O)C1CC1(Cl)Cl. The number of hydrogen-bond acceptors (Lipinski definition) is 2. The standard InChI is InChI=1S/C9H11Cl2NO3/c10-9(11)4-5(9)7(13)12-3-1-2-6(12)8(14)15/h5-6H,1-4H2,(H,14,15). The molecule has 1 heterocycles. The summed E-state index contributed by atoms with van der Waals surface area (Å²) in [5.41, 5.74) is 0. The molecule has 1 saturated carbocycles. The van der Waals surface area contributed by atoms with Crippen molar-refractivity contribution in [2.45, 2.75) is 29.6 Å². The van der Waals surface area contributed by atoms with Gasteiger partial charge in [-0.1, -0.05) is 0 Å². The molecule has 1 N–H and O–H groups in total. The normalized spacial score (nSPS) is 32.8. The number of halogens is 2. The lowest BCUT2D eigenvalue weighted by molar-refractivity contribution is -0.148. The summed E-state index contributed by atoms with van der Waals surface area (Å²) >= 11 is 11.6. The van der Waals surface area contributed by atoms with E-state index in [4.69, 9.17) is 28.3 Å². The third-order valence-electron chi connectivity index (χ3n) is 2.94. The van der Waals surface area contributed by atoms with Gasteiger partial charge in [0.15, 0.2) is 0 Å². The van der Waals surface area contributed by atoms with Gasteiger partial charge in [-0.15, -0.1) is 23.2 Å². The van der Waals surface area contributed by atoms with E-state index in [1.54, 1.807) is 0 Å². The number of carbonyl (C=O) groups excluding carboxylic acids is 1. The Balaban J connectivity index is 2.04. The lowest BCUT2D eigenvalue weighted by atomic mass is 10.2. The van der Waals surface area contributed by atoms with Crippen LogP contribution in [0.5, 0.6) is 0 Å². The van der Waals surface area contributed by atoms with Gasteiger partial charge in [0.05, 0.1) is 5.92 Å². The van der Waals surface area contributed by atoms with Crippen molar-refractivity contribution in [1.29, 1.82) is 0 Å². The number of hydrogen-bond donors (Lipinski definition) is 1. The number of carboxylic acids is 1. The molecule has 2 aliphatic rings. The van der Waals surface area contributed by atoms with E-state index in [-0.39, 0.29) is 5.91 Å². The molecule has 2 rings (SSSR count). The van der Waals surface area contributed by atoms with Gasteiger partial charge in [0.25, 0.3) is 0 Å². The van der Waals surface area contributed by atoms with Gasteiger partial charge in [-0.05, 0) is 19.3 Å². The van der Waals surface area contributed by atoms with Crippen molar-refractivity contribution < 1.29 is 14.7 Å². The summed E-state index contributed by atoms with van der Waals surface area (Å²) in [6.45, 7) is 0.496. The first-order chi connectivity index (χ1) is 6.93. The second-order valence-corrected chi connectivity index (χ2v) is 5.59. The predicted molar refractivity (Wildman–Crippen MR) is 54.9 cm³/mol. The van der Waals surface area contributed by atoms with Gasteiger partial charge in [-0.3, -0.25) is 4.79 Å². The molecule has 0 radical (unpaired) electrons. The number of rotatable bonds is 2. The maximum atomic E-state index is 11.8. The number of likely N-dealkylation sites (tertiary alicyclic amines) is 1. The second-order valence-electron chi connectivity index (χ2n) is 4.05. The molecule has 1 amide bonds. The van der Waals surface area contributed by atoms with Gasteiger partial charge >= 0.3 is 5.97 Å². The highest BCUT2D eigenvalue weighted by atomic mass is 35.5. The van der Waals surface area contributed by atoms with Crippen molar-refractivity contribution in [1.82, 2.24) is 4.90 Å². The molecule has 0 spiro atoms. The van der Waals surface area contributed by atoms with E-state index in [0.717, 1.165) is 6.42 Å². The van der Waals surface area contributed by atoms with Crippen LogP contribution in [0.15, 0.2) is 0 Å². The number of carbonyl (C=O) groups is 2. The van der Waals surface area contributed by atoms with E-state index in [1.165, 1.54) is 4.90 Å². The highest BCUT2D eigenvalue weighted by Crippen LogP contribution is 2.54. The van der Waals surface area contributed by atoms with Crippen molar-refractivity contribution in [3.8, 4) is 0 Å². The first-order valence-electron chi connectivity index (χ1n) is 4.84. The fourth-order valence-electron chi connectivity index (χ4n) is 1.97. The molecule has 1 aliphatic heterocycles. The first-order valence-corrected chi connectivity index (χ1v) is 5.60. The number of amides is 1. The Labute approximate surface area is 97.1 Å². The smallest absolute Gasteiger partial charge is 0.326 e. The van der Waals surface area contributed by atoms with Crippen molar-refractivity contribution >= 4 is 35.1 Å². The van der Waals surface area contributed by atoms with Crippen LogP contribution in [0.3, 0.4) is 0 Å². The van der Waals surface area contributed by atoms with Crippen LogP contribution < -0.4 is 0 Å². The van der Waals surface area contributed by atoms with Crippen molar-refractivity contribution in [2.24, 2.45) is 5.92 Å². The zero-order valence-electron chi connectivity index (χ0n) is 7.95. The van der Waals surface area contributed by atoms with E-state index in [9.17, 15) is 9.59 Å². The summed E-state index contributed by atoms with van der Waals surface area (Å²) in [6.07, 6.45) is 1.68. The molecular weight excluding hydrogens is 241 g/mol. The molecule has 4 nitrogen and oxygen atoms in total. The van der Waals surface area contributed by atoms with E-state index in [2.05, 4.69) is 0 Å². The van der Waals surface area contributed by atoms with Gasteiger partial charge in [-0.2, -0.15) is 0 Å². The van der Waals surface area contributed by atoms with Crippen LogP contribution in [0.1, 0.15) is 19.3 Å². The Morgan fingerprint density at radius 3 is 2.47 bits per heavy atom. The molecular formula is C9H11Cl2NO3. The zero-order valence-corrected chi connectivity index (χ0v) is 9.46. The van der Waals surface area contributed by atoms with E-state index >= 15 is 0 Å². The minimum Gasteiger partial charge on any atom is -0.480 e. The minimum atomic E-state index is -0.970. The fraction of sp³-hybridized carbons (Fsp3) is 0.778. The molecule has 84 valence electrons. The topological polar surface area (TPSA) is 57.6 Å². The van der Waals surface area contributed by atoms with Crippen molar-refractivity contribution in [2.75, 3.05) is 6.54 Å². The van der Waals surface area contributed by atoms with Crippen LogP contribution in [0.25, 0.3) is 0 Å². The third-order valence-corrected chi connectivity index (χ3v) is 3.78. The third kappa shape index (κ3) is 1.93. The van der Waals surface area contributed by atoms with Crippen LogP contribution in [0.2, 0.25) is 0 Å². The van der Waals surface area contributed by atoms with Gasteiger partial charge in [-0.25, -0.2) is 4.79 Å². The number of alkyl halides is 2. The summed E-state index contributed by atoms with van der Waals surface area (Å²) in [7, 11) is 0. The maximum absolute atomic E-state index is 11.8. The number of aliphatic carboxylic acids is 1. The van der Waals surface area contributed by atoms with Gasteiger partial charge in [0, 0.05) is 6.54 Å². The Morgan fingerprint density at radius 2 is 2.00 bits per heavy atom. The van der Waals surface area contributed by atoms with Crippen molar-refractivity contribution in [3.05, 3.63) is 0 Å². The molecule has 2 atom stereocenters. The highest BCUT2D eigenvalue weighted by molar-refractivity contribution is 6.52. The summed E-state index contributed by atoms with van der Waals surface area (Å²) in [6, 6.07) is -0.692. The number of carboxylic acid groups (broad SMARTS) is 1. The predicted octanol–water partition coefficient (Wildman–Crippen LogP) is 1.26. The van der Waals surface area contributed by atoms with Crippen LogP contribution in [-0.2, 0) is 9.59 Å². The molecule has 6 heteroatoms. The van der Waals surface area contributed by atoms with Gasteiger partial charge < -0.3 is 10.0 Å². The summed E-state index contributed by atoms with van der Waals surface area (Å²) in [4.78, 5) is 24.1. The highest BCUT2D eigenvalue weighted by Gasteiger charge is 2.58. The molecule has 0 aromatic rings. The Bertz CT molecular complexity index is 318. The summed E-state index contributed by atoms with van der Waals surface area (Å²) in [5.74, 6) is -1.58. The molecule has 1 saturated heterocycles. The fourth-order valence-corrected chi connectivity index (χ4v) is 2.46. The first kappa shape index (κ1) is 11.0. The molecule has 0 bridgehead atoms. The maximum Gasteiger partial charge on any atom is 0.326 e. The van der Waals surface area contributed by atoms with Gasteiger partial charge in [0.1, 0.15) is 10.4 Å². The van der Waals surface area contributed by atoms with Crippen LogP contribution in [-0.4, -0.2) is 38.8 Å². The second kappa shape index (κ2) is 3.52. The summed E-state index contributed by atoms with van der Waals surface area (Å²) in [5, 5.41) is 8.90. The van der Waals surface area contributed by atoms with E-state index in [1.807, 2.05) is 0 Å². The molecule has 15 heavy (non-hydrogen) atoms. The number of nitrogens with zero attached hydrogens (tertiary/aromatic N) is 1. The van der Waals surface area contributed by atoms with E-state index < -0.39 is 22.3 Å². The Morgan fingerprint density at radius 1 is 1.40 bits per heavy atom. The average molecular weight is 252 g/mol. The average Bonchev–Trinajstić information content (AvgIpc) is 2.65. The summed E-state index contributed by atoms with van der Waals surface area (Å²) < 4.78 is -0.970. The molecule has 1 aliphatic carbocycles. The monoisotopic (exact) mass is 251 g/mol. The molecule has 2 unspecified atom stereocenters. The molecule has 0 aromatic carbocycles. The van der Waals surface area contributed by atoms with Crippen molar-refractivity contribution in [3.63, 3.8) is 0 Å². The molecule has 2 fully saturated rings. The van der Waals surface area contributed by atoms with Crippen LogP contribution >= 0.6 is 23.2 Å². The van der Waals surface area contributed by atoms with E-state index in [0.29, 0.717) is 19.4 Å². The molecule has 0 aromatic heterocycles. The lowest BCUT2D eigenvalue weighted by Gasteiger charge is -2.21. The Hall–Kier alpha value is -0.480. The van der Waals surface area contributed by atoms with Crippen LogP contribution in [0, 0.1) is 5.92 Å². The zero-order chi connectivity index (χ0) is 11.2. The largest absolute Gasteiger partial charge is 0.480 e. The van der Waals surface area contributed by atoms with Gasteiger partial charge in [0.2, 0.25) is 5.91 Å². The quantitative estimate of drug-likeness (QED) is 0.752. The van der Waals surface area contributed by atoms with Crippen LogP contribution in [0.4, 0.5) is 0 Å². The lowest BCUT2D eigenvalue weighted by Crippen LogP contribution is -2.41. The minimum absolute atomic E-state index is 0.218.